The van der Waals surface area contributed by atoms with Crippen LogP contribution in [-0.2, 0) is 0 Å². The van der Waals surface area contributed by atoms with Crippen molar-refractivity contribution in [3.8, 4) is 5.69 Å². The summed E-state index contributed by atoms with van der Waals surface area (Å²) in [5.41, 5.74) is 2.70. The van der Waals surface area contributed by atoms with Gasteiger partial charge in [-0.25, -0.2) is 9.18 Å². The van der Waals surface area contributed by atoms with E-state index < -0.39 is 6.03 Å². The van der Waals surface area contributed by atoms with Crippen molar-refractivity contribution in [3.63, 3.8) is 0 Å². The molecule has 0 saturated carbocycles. The van der Waals surface area contributed by atoms with Gasteiger partial charge < -0.3 is 20.1 Å². The Kier molecular flexibility index (Phi) is 5.28. The van der Waals surface area contributed by atoms with Crippen LogP contribution in [0.4, 0.5) is 26.2 Å². The summed E-state index contributed by atoms with van der Waals surface area (Å²) in [4.78, 5) is 14.3. The Bertz CT molecular complexity index is 932. The second kappa shape index (κ2) is 8.17. The minimum Gasteiger partial charge on any atom is -0.369 e. The quantitative estimate of drug-likeness (QED) is 0.651. The third kappa shape index (κ3) is 4.17. The van der Waals surface area contributed by atoms with Crippen molar-refractivity contribution in [1.82, 2.24) is 4.57 Å². The molecule has 2 amide bonds. The fourth-order valence-corrected chi connectivity index (χ4v) is 3.49. The highest BCUT2D eigenvalue weighted by Gasteiger charge is 2.15. The van der Waals surface area contributed by atoms with Gasteiger partial charge in [0.05, 0.1) is 5.69 Å². The molecule has 1 aliphatic heterocycles. The molecule has 28 heavy (non-hydrogen) atoms. The molecular formula is C22H23FN4O. The standard InChI is InChI=1S/C22H23FN4O/c23-20-16-18(8-11-21(20)27-14-2-1-3-15-27)25-22(28)24-17-6-9-19(10-7-17)26-12-4-5-13-26/h4-13,16H,1-3,14-15H2,(H2,24,25,28). The number of nitrogens with zero attached hydrogens (tertiary/aromatic N) is 2. The third-order valence-electron chi connectivity index (χ3n) is 4.93. The van der Waals surface area contributed by atoms with E-state index in [0.29, 0.717) is 17.1 Å². The average molecular weight is 378 g/mol. The van der Waals surface area contributed by atoms with E-state index in [4.69, 9.17) is 0 Å². The smallest absolute Gasteiger partial charge is 0.323 e. The van der Waals surface area contributed by atoms with E-state index in [9.17, 15) is 9.18 Å². The van der Waals surface area contributed by atoms with Crippen molar-refractivity contribution in [2.24, 2.45) is 0 Å². The predicted octanol–water partition coefficient (Wildman–Crippen LogP) is 5.25. The molecule has 5 nitrogen and oxygen atoms in total. The molecule has 3 aromatic rings. The van der Waals surface area contributed by atoms with Crippen molar-refractivity contribution in [3.05, 3.63) is 72.8 Å². The molecule has 2 N–H and O–H groups in total. The number of piperidine rings is 1. The molecule has 1 saturated heterocycles. The molecule has 2 aromatic carbocycles. The number of nitrogens with one attached hydrogen (secondary N) is 2. The zero-order valence-corrected chi connectivity index (χ0v) is 15.6. The molecule has 144 valence electrons. The zero-order chi connectivity index (χ0) is 19.3. The number of amides is 2. The van der Waals surface area contributed by atoms with E-state index >= 15 is 0 Å². The summed E-state index contributed by atoms with van der Waals surface area (Å²) in [5, 5.41) is 5.46. The first-order valence-corrected chi connectivity index (χ1v) is 9.55. The summed E-state index contributed by atoms with van der Waals surface area (Å²) in [6.07, 6.45) is 7.29. The maximum Gasteiger partial charge on any atom is 0.323 e. The second-order valence-corrected chi connectivity index (χ2v) is 6.93. The molecule has 0 unspecified atom stereocenters. The van der Waals surface area contributed by atoms with Gasteiger partial charge in [-0.1, -0.05) is 0 Å². The molecule has 6 heteroatoms. The topological polar surface area (TPSA) is 49.3 Å². The normalized spacial score (nSPS) is 14.0. The lowest BCUT2D eigenvalue weighted by molar-refractivity contribution is 0.262. The van der Waals surface area contributed by atoms with E-state index in [1.54, 1.807) is 12.1 Å². The van der Waals surface area contributed by atoms with E-state index in [1.807, 2.05) is 53.4 Å². The van der Waals surface area contributed by atoms with Crippen LogP contribution in [0.1, 0.15) is 19.3 Å². The molecule has 0 spiro atoms. The number of benzene rings is 2. The maximum absolute atomic E-state index is 14.5. The van der Waals surface area contributed by atoms with Crippen LogP contribution < -0.4 is 15.5 Å². The van der Waals surface area contributed by atoms with Crippen LogP contribution in [0.5, 0.6) is 0 Å². The SMILES string of the molecule is O=C(Nc1ccc(-n2cccc2)cc1)Nc1ccc(N2CCCCC2)c(F)c1. The summed E-state index contributed by atoms with van der Waals surface area (Å²) < 4.78 is 16.5. The highest BCUT2D eigenvalue weighted by molar-refractivity contribution is 5.99. The van der Waals surface area contributed by atoms with Gasteiger partial charge in [0.2, 0.25) is 0 Å². The van der Waals surface area contributed by atoms with E-state index in [1.165, 1.54) is 12.5 Å². The Balaban J connectivity index is 1.37. The summed E-state index contributed by atoms with van der Waals surface area (Å²) in [7, 11) is 0. The first-order valence-electron chi connectivity index (χ1n) is 9.55. The maximum atomic E-state index is 14.5. The average Bonchev–Trinajstić information content (AvgIpc) is 3.24. The fourth-order valence-electron chi connectivity index (χ4n) is 3.49. The number of carbonyl (C=O) groups is 1. The number of aromatic nitrogens is 1. The number of rotatable bonds is 4. The first-order chi connectivity index (χ1) is 13.7. The lowest BCUT2D eigenvalue weighted by atomic mass is 10.1. The minimum absolute atomic E-state index is 0.309. The van der Waals surface area contributed by atoms with Crippen molar-refractivity contribution in [2.75, 3.05) is 28.6 Å². The number of anilines is 3. The lowest BCUT2D eigenvalue weighted by Gasteiger charge is -2.29. The van der Waals surface area contributed by atoms with Gasteiger partial charge in [0.1, 0.15) is 5.82 Å². The Hall–Kier alpha value is -3.28. The van der Waals surface area contributed by atoms with Crippen molar-refractivity contribution >= 4 is 23.1 Å². The van der Waals surface area contributed by atoms with Gasteiger partial charge in [-0.05, 0) is 73.9 Å². The molecule has 4 rings (SSSR count). The molecule has 2 heterocycles. The van der Waals surface area contributed by atoms with Crippen molar-refractivity contribution in [2.45, 2.75) is 19.3 Å². The Labute approximate surface area is 163 Å². The Morgan fingerprint density at radius 3 is 2.18 bits per heavy atom. The van der Waals surface area contributed by atoms with Gasteiger partial charge in [-0.3, -0.25) is 0 Å². The van der Waals surface area contributed by atoms with E-state index in [2.05, 4.69) is 15.5 Å². The van der Waals surface area contributed by atoms with Crippen LogP contribution in [0, 0.1) is 5.82 Å². The molecule has 1 aromatic heterocycles. The Morgan fingerprint density at radius 1 is 0.857 bits per heavy atom. The highest BCUT2D eigenvalue weighted by atomic mass is 19.1. The molecule has 0 atom stereocenters. The fraction of sp³-hybridized carbons (Fsp3) is 0.227. The molecule has 1 fully saturated rings. The van der Waals surface area contributed by atoms with Crippen LogP contribution in [0.15, 0.2) is 67.0 Å². The third-order valence-corrected chi connectivity index (χ3v) is 4.93. The van der Waals surface area contributed by atoms with E-state index in [0.717, 1.165) is 31.6 Å². The number of urea groups is 1. The molecule has 1 aliphatic rings. The summed E-state index contributed by atoms with van der Waals surface area (Å²) in [6.45, 7) is 1.76. The Morgan fingerprint density at radius 2 is 1.50 bits per heavy atom. The number of hydrogen-bond donors (Lipinski definition) is 2. The lowest BCUT2D eigenvalue weighted by Crippen LogP contribution is -2.30. The van der Waals surface area contributed by atoms with Gasteiger partial charge in [0, 0.05) is 42.5 Å². The van der Waals surface area contributed by atoms with E-state index in [-0.39, 0.29) is 5.82 Å². The van der Waals surface area contributed by atoms with Crippen LogP contribution in [0.2, 0.25) is 0 Å². The monoisotopic (exact) mass is 378 g/mol. The van der Waals surface area contributed by atoms with Gasteiger partial charge in [0.25, 0.3) is 0 Å². The number of hydrogen-bond acceptors (Lipinski definition) is 2. The minimum atomic E-state index is -0.404. The second-order valence-electron chi connectivity index (χ2n) is 6.93. The number of halogens is 1. The van der Waals surface area contributed by atoms with Crippen LogP contribution in [-0.4, -0.2) is 23.7 Å². The zero-order valence-electron chi connectivity index (χ0n) is 15.6. The molecular weight excluding hydrogens is 355 g/mol. The summed E-state index contributed by atoms with van der Waals surface area (Å²) in [5.74, 6) is -0.309. The van der Waals surface area contributed by atoms with Gasteiger partial charge in [0.15, 0.2) is 0 Å². The van der Waals surface area contributed by atoms with Gasteiger partial charge in [-0.15, -0.1) is 0 Å². The van der Waals surface area contributed by atoms with Gasteiger partial charge >= 0.3 is 6.03 Å². The molecule has 0 radical (unpaired) electrons. The van der Waals surface area contributed by atoms with Crippen LogP contribution in [0.3, 0.4) is 0 Å². The molecule has 0 aliphatic carbocycles. The van der Waals surface area contributed by atoms with Crippen molar-refractivity contribution in [1.29, 1.82) is 0 Å². The van der Waals surface area contributed by atoms with Crippen LogP contribution >= 0.6 is 0 Å². The summed E-state index contributed by atoms with van der Waals surface area (Å²) in [6, 6.07) is 15.8. The first kappa shape index (κ1) is 18.1. The molecule has 0 bridgehead atoms. The largest absolute Gasteiger partial charge is 0.369 e. The predicted molar refractivity (Wildman–Crippen MR) is 111 cm³/mol. The van der Waals surface area contributed by atoms with Crippen molar-refractivity contribution < 1.29 is 9.18 Å². The van der Waals surface area contributed by atoms with Gasteiger partial charge in [-0.2, -0.15) is 0 Å². The highest BCUT2D eigenvalue weighted by Crippen LogP contribution is 2.26. The van der Waals surface area contributed by atoms with Crippen LogP contribution in [0.25, 0.3) is 5.69 Å². The number of carbonyl (C=O) groups excluding carboxylic acids is 1. The summed E-state index contributed by atoms with van der Waals surface area (Å²) >= 11 is 0.